The number of hydrogen-bond acceptors (Lipinski definition) is 9. The van der Waals surface area contributed by atoms with Crippen molar-refractivity contribution in [1.82, 2.24) is 9.88 Å². The van der Waals surface area contributed by atoms with Gasteiger partial charge in [0.15, 0.2) is 0 Å². The minimum atomic E-state index is -1.82. The van der Waals surface area contributed by atoms with Gasteiger partial charge < -0.3 is 31.1 Å². The molecule has 148 valence electrons. The predicted octanol–water partition coefficient (Wildman–Crippen LogP) is -0.292. The van der Waals surface area contributed by atoms with E-state index in [0.29, 0.717) is 0 Å². The van der Waals surface area contributed by atoms with Crippen LogP contribution in [0, 0.1) is 0 Å². The van der Waals surface area contributed by atoms with Gasteiger partial charge in [-0.25, -0.2) is 24.2 Å². The summed E-state index contributed by atoms with van der Waals surface area (Å²) in [5, 5.41) is 32.9. The van der Waals surface area contributed by atoms with E-state index < -0.39 is 23.9 Å². The number of carboxylic acid groups (broad SMARTS) is 4. The molecule has 0 aromatic carbocycles. The Labute approximate surface area is 157 Å². The van der Waals surface area contributed by atoms with Gasteiger partial charge in [0.05, 0.1) is 5.69 Å². The Morgan fingerprint density at radius 3 is 1.88 bits per heavy atom. The number of thiazole rings is 1. The molecule has 0 bridgehead atoms. The van der Waals surface area contributed by atoms with Crippen LogP contribution in [0.15, 0.2) is 5.38 Å². The van der Waals surface area contributed by atoms with E-state index in [1.807, 2.05) is 11.8 Å². The molecule has 1 rings (SSSR count). The van der Waals surface area contributed by atoms with Crippen molar-refractivity contribution >= 4 is 47.0 Å². The summed E-state index contributed by atoms with van der Waals surface area (Å²) in [6, 6.07) is 0. The van der Waals surface area contributed by atoms with Crippen LogP contribution in [0.3, 0.4) is 0 Å². The van der Waals surface area contributed by atoms with Gasteiger partial charge in [-0.3, -0.25) is 0 Å². The number of aliphatic carboxylic acids is 4. The van der Waals surface area contributed by atoms with Crippen molar-refractivity contribution in [3.8, 4) is 0 Å². The average Bonchev–Trinajstić information content (AvgIpc) is 2.95. The first kappa shape index (κ1) is 26.0. The predicted molar refractivity (Wildman–Crippen MR) is 95.3 cm³/mol. The average molecular weight is 411 g/mol. The summed E-state index contributed by atoms with van der Waals surface area (Å²) >= 11 is 3.58. The smallest absolute Gasteiger partial charge is 0.414 e. The maximum atomic E-state index is 9.10. The Hall–Kier alpha value is -2.22. The highest BCUT2D eigenvalue weighted by Crippen LogP contribution is 2.16. The molecule has 13 heteroatoms. The molecule has 0 radical (unpaired) electrons. The van der Waals surface area contributed by atoms with Crippen molar-refractivity contribution in [2.24, 2.45) is 5.73 Å². The van der Waals surface area contributed by atoms with Crippen LogP contribution in [0.4, 0.5) is 0 Å². The molecule has 0 aliphatic heterocycles. The van der Waals surface area contributed by atoms with Gasteiger partial charge in [0.25, 0.3) is 0 Å². The third-order valence-corrected chi connectivity index (χ3v) is 3.84. The minimum Gasteiger partial charge on any atom is -0.473 e. The monoisotopic (exact) mass is 411 g/mol. The summed E-state index contributed by atoms with van der Waals surface area (Å²) in [6.07, 6.45) is 0. The van der Waals surface area contributed by atoms with Crippen LogP contribution >= 0.6 is 23.1 Å². The molecule has 0 unspecified atom stereocenters. The Balaban J connectivity index is 0. The molecule has 1 aromatic heterocycles. The summed E-state index contributed by atoms with van der Waals surface area (Å²) in [7, 11) is 4.12. The molecule has 11 nitrogen and oxygen atoms in total. The summed E-state index contributed by atoms with van der Waals surface area (Å²) < 4.78 is 0. The fraction of sp³-hybridized carbons (Fsp3) is 0.462. The van der Waals surface area contributed by atoms with Crippen molar-refractivity contribution < 1.29 is 39.6 Å². The summed E-state index contributed by atoms with van der Waals surface area (Å²) in [5.74, 6) is -5.29. The molecule has 0 saturated heterocycles. The fourth-order valence-corrected chi connectivity index (χ4v) is 2.70. The lowest BCUT2D eigenvalue weighted by Gasteiger charge is -2.04. The van der Waals surface area contributed by atoms with Gasteiger partial charge in [0.1, 0.15) is 5.01 Å². The second-order valence-corrected chi connectivity index (χ2v) is 6.58. The van der Waals surface area contributed by atoms with E-state index in [2.05, 4.69) is 29.4 Å². The van der Waals surface area contributed by atoms with Crippen LogP contribution in [0.1, 0.15) is 10.7 Å². The Kier molecular flexibility index (Phi) is 15.1. The molecule has 6 N–H and O–H groups in total. The number of nitrogens with zero attached hydrogens (tertiary/aromatic N) is 2. The van der Waals surface area contributed by atoms with Gasteiger partial charge in [0.2, 0.25) is 0 Å². The van der Waals surface area contributed by atoms with Crippen LogP contribution in [0.2, 0.25) is 0 Å². The Morgan fingerprint density at radius 1 is 1.08 bits per heavy atom. The SMILES string of the molecule is CN(C)Cc1nc(CSCCN)cs1.O=C(O)C(=O)O.O=C(O)C(=O)O. The van der Waals surface area contributed by atoms with Gasteiger partial charge in [-0.05, 0) is 14.1 Å². The maximum Gasteiger partial charge on any atom is 0.414 e. The van der Waals surface area contributed by atoms with E-state index in [-0.39, 0.29) is 0 Å². The fourth-order valence-electron chi connectivity index (χ4n) is 1.02. The van der Waals surface area contributed by atoms with E-state index in [4.69, 9.17) is 45.3 Å². The zero-order valence-corrected chi connectivity index (χ0v) is 15.7. The van der Waals surface area contributed by atoms with E-state index in [1.165, 1.54) is 10.7 Å². The van der Waals surface area contributed by atoms with Gasteiger partial charge in [0, 0.05) is 30.0 Å². The van der Waals surface area contributed by atoms with Crippen molar-refractivity contribution in [2.45, 2.75) is 12.3 Å². The standard InChI is InChI=1S/C9H17N3S2.2C2H2O4/c1-12(2)5-9-11-8(7-14-9)6-13-4-3-10;2*3-1(4)2(5)6/h7H,3-6,10H2,1-2H3;2*(H,3,4)(H,5,6). The van der Waals surface area contributed by atoms with Crippen LogP contribution in [0.5, 0.6) is 0 Å². The van der Waals surface area contributed by atoms with E-state index in [9.17, 15) is 0 Å². The molecule has 0 atom stereocenters. The van der Waals surface area contributed by atoms with Crippen molar-refractivity contribution in [3.05, 3.63) is 16.1 Å². The van der Waals surface area contributed by atoms with Gasteiger partial charge in [-0.1, -0.05) is 0 Å². The van der Waals surface area contributed by atoms with Gasteiger partial charge in [-0.2, -0.15) is 11.8 Å². The molecule has 0 aliphatic carbocycles. The number of aromatic nitrogens is 1. The number of thioether (sulfide) groups is 1. The first-order valence-corrected chi connectivity index (χ1v) is 8.82. The molecule has 1 heterocycles. The van der Waals surface area contributed by atoms with Crippen LogP contribution in [0.25, 0.3) is 0 Å². The first-order valence-electron chi connectivity index (χ1n) is 6.79. The van der Waals surface area contributed by atoms with Crippen molar-refractivity contribution in [3.63, 3.8) is 0 Å². The number of hydrogen-bond donors (Lipinski definition) is 5. The first-order chi connectivity index (χ1) is 12.0. The second-order valence-electron chi connectivity index (χ2n) is 4.53. The van der Waals surface area contributed by atoms with Crippen LogP contribution in [-0.2, 0) is 31.5 Å². The zero-order chi connectivity index (χ0) is 20.7. The molecular formula is C13H21N3O8S2. The number of rotatable bonds is 6. The molecule has 0 spiro atoms. The Bertz CT molecular complexity index is 544. The number of carboxylic acids is 4. The summed E-state index contributed by atoms with van der Waals surface area (Å²) in [5.41, 5.74) is 6.60. The van der Waals surface area contributed by atoms with Crippen molar-refractivity contribution in [1.29, 1.82) is 0 Å². The number of nitrogens with two attached hydrogens (primary N) is 1. The minimum absolute atomic E-state index is 0.749. The zero-order valence-electron chi connectivity index (χ0n) is 14.1. The van der Waals surface area contributed by atoms with Crippen molar-refractivity contribution in [2.75, 3.05) is 26.4 Å². The lowest BCUT2D eigenvalue weighted by atomic mass is 10.5. The molecule has 26 heavy (non-hydrogen) atoms. The maximum absolute atomic E-state index is 9.10. The summed E-state index contributed by atoms with van der Waals surface area (Å²) in [4.78, 5) is 43.1. The quantitative estimate of drug-likeness (QED) is 0.304. The van der Waals surface area contributed by atoms with E-state index in [1.54, 1.807) is 11.3 Å². The van der Waals surface area contributed by atoms with Gasteiger partial charge in [-0.15, -0.1) is 11.3 Å². The molecule has 0 amide bonds. The van der Waals surface area contributed by atoms with Crippen LogP contribution < -0.4 is 5.73 Å². The third kappa shape index (κ3) is 16.6. The highest BCUT2D eigenvalue weighted by molar-refractivity contribution is 7.98. The van der Waals surface area contributed by atoms with E-state index in [0.717, 1.165) is 24.6 Å². The Morgan fingerprint density at radius 2 is 1.54 bits per heavy atom. The molecule has 0 saturated carbocycles. The normalized spacial score (nSPS) is 9.38. The molecule has 0 fully saturated rings. The number of carbonyl (C=O) groups is 4. The molecular weight excluding hydrogens is 390 g/mol. The lowest BCUT2D eigenvalue weighted by molar-refractivity contribution is -0.159. The molecule has 1 aromatic rings. The third-order valence-electron chi connectivity index (χ3n) is 1.93. The largest absolute Gasteiger partial charge is 0.473 e. The second kappa shape index (κ2) is 15.1. The highest BCUT2D eigenvalue weighted by atomic mass is 32.2. The topological polar surface area (TPSA) is 191 Å². The van der Waals surface area contributed by atoms with Crippen LogP contribution in [-0.4, -0.2) is 80.6 Å². The highest BCUT2D eigenvalue weighted by Gasteiger charge is 2.04. The summed E-state index contributed by atoms with van der Waals surface area (Å²) in [6.45, 7) is 1.69. The van der Waals surface area contributed by atoms with E-state index >= 15 is 0 Å². The van der Waals surface area contributed by atoms with Gasteiger partial charge >= 0.3 is 23.9 Å². The lowest BCUT2D eigenvalue weighted by Crippen LogP contribution is -2.10. The molecule has 0 aliphatic rings.